The van der Waals surface area contributed by atoms with Crippen LogP contribution in [0.1, 0.15) is 5.69 Å². The Bertz CT molecular complexity index is 821. The molecular weight excluding hydrogens is 286 g/mol. The number of aryl methyl sites for hydroxylation is 1. The van der Waals surface area contributed by atoms with E-state index in [2.05, 4.69) is 55.0 Å². The second-order valence-corrected chi connectivity index (χ2v) is 11.7. The van der Waals surface area contributed by atoms with E-state index in [1.165, 1.54) is 5.19 Å². The van der Waals surface area contributed by atoms with Crippen molar-refractivity contribution in [2.45, 2.75) is 26.6 Å². The number of ether oxygens (including phenoxy) is 1. The molecule has 3 heteroatoms. The molecule has 0 aliphatic carbocycles. The largest absolute Gasteiger partial charge is 0.456 e. The molecule has 22 heavy (non-hydrogen) atoms. The lowest BCUT2D eigenvalue weighted by Crippen LogP contribution is -2.38. The summed E-state index contributed by atoms with van der Waals surface area (Å²) in [7, 11) is -1.45. The highest BCUT2D eigenvalue weighted by atomic mass is 28.3. The van der Waals surface area contributed by atoms with Crippen molar-refractivity contribution < 1.29 is 4.74 Å². The first-order valence-electron chi connectivity index (χ1n) is 7.59. The minimum atomic E-state index is -1.45. The van der Waals surface area contributed by atoms with Crippen molar-refractivity contribution in [1.82, 2.24) is 4.98 Å². The molecule has 2 aromatic carbocycles. The van der Waals surface area contributed by atoms with Crippen LogP contribution in [-0.4, -0.2) is 13.1 Å². The Kier molecular flexibility index (Phi) is 3.75. The molecule has 1 heterocycles. The van der Waals surface area contributed by atoms with Crippen LogP contribution in [0, 0.1) is 6.92 Å². The number of para-hydroxylation sites is 2. The van der Waals surface area contributed by atoms with Gasteiger partial charge in [0.05, 0.1) is 19.3 Å². The van der Waals surface area contributed by atoms with Crippen molar-refractivity contribution in [3.05, 3.63) is 60.3 Å². The molecule has 0 N–H and O–H groups in total. The Hall–Kier alpha value is -2.13. The molecule has 0 bridgehead atoms. The minimum absolute atomic E-state index is 0.837. The van der Waals surface area contributed by atoms with Crippen molar-refractivity contribution in [2.75, 3.05) is 0 Å². The van der Waals surface area contributed by atoms with E-state index in [4.69, 9.17) is 4.74 Å². The molecule has 0 saturated carbocycles. The molecule has 3 aromatic rings. The fourth-order valence-electron chi connectivity index (χ4n) is 2.59. The van der Waals surface area contributed by atoms with Crippen molar-refractivity contribution >= 4 is 24.2 Å². The zero-order valence-electron chi connectivity index (χ0n) is 13.6. The highest BCUT2D eigenvalue weighted by Gasteiger charge is 2.21. The van der Waals surface area contributed by atoms with Gasteiger partial charge in [-0.05, 0) is 30.3 Å². The lowest BCUT2D eigenvalue weighted by molar-refractivity contribution is 0.480. The molecule has 0 atom stereocenters. The van der Waals surface area contributed by atoms with Gasteiger partial charge in [0, 0.05) is 5.39 Å². The molecule has 0 aliphatic heterocycles. The number of pyridine rings is 1. The second kappa shape index (κ2) is 5.58. The molecule has 0 aliphatic rings. The van der Waals surface area contributed by atoms with E-state index in [1.807, 2.05) is 31.2 Å². The molecule has 1 aromatic heterocycles. The summed E-state index contributed by atoms with van der Waals surface area (Å²) in [4.78, 5) is 4.65. The fraction of sp³-hybridized carbons (Fsp3) is 0.211. The maximum atomic E-state index is 6.25. The van der Waals surface area contributed by atoms with Crippen LogP contribution in [0.5, 0.6) is 11.5 Å². The summed E-state index contributed by atoms with van der Waals surface area (Å²) in [5.41, 5.74) is 1.93. The van der Waals surface area contributed by atoms with Crippen LogP contribution in [0.25, 0.3) is 10.9 Å². The van der Waals surface area contributed by atoms with Gasteiger partial charge in [-0.15, -0.1) is 0 Å². The average Bonchev–Trinajstić information content (AvgIpc) is 2.47. The van der Waals surface area contributed by atoms with Gasteiger partial charge < -0.3 is 4.74 Å². The molecule has 0 spiro atoms. The van der Waals surface area contributed by atoms with Crippen LogP contribution in [0.15, 0.2) is 54.6 Å². The number of hydrogen-bond donors (Lipinski definition) is 0. The maximum Gasteiger partial charge on any atom is 0.149 e. The molecule has 0 saturated heterocycles. The van der Waals surface area contributed by atoms with Crippen LogP contribution in [0.4, 0.5) is 0 Å². The summed E-state index contributed by atoms with van der Waals surface area (Å²) in [5, 5.41) is 2.44. The number of hydrogen-bond acceptors (Lipinski definition) is 2. The van der Waals surface area contributed by atoms with Crippen molar-refractivity contribution in [3.63, 3.8) is 0 Å². The molecule has 0 unspecified atom stereocenters. The van der Waals surface area contributed by atoms with Gasteiger partial charge in [-0.2, -0.15) is 0 Å². The average molecular weight is 307 g/mol. The second-order valence-electron chi connectivity index (χ2n) is 6.61. The Morgan fingerprint density at radius 1 is 0.864 bits per heavy atom. The molecule has 0 amide bonds. The first-order valence-corrected chi connectivity index (χ1v) is 11.1. The van der Waals surface area contributed by atoms with Crippen molar-refractivity contribution in [3.8, 4) is 11.5 Å². The first kappa shape index (κ1) is 14.8. The lowest BCUT2D eigenvalue weighted by Gasteiger charge is -2.21. The number of benzene rings is 2. The smallest absolute Gasteiger partial charge is 0.149 e. The number of fused-ring (bicyclic) bond motifs is 1. The number of rotatable bonds is 3. The minimum Gasteiger partial charge on any atom is -0.456 e. The summed E-state index contributed by atoms with van der Waals surface area (Å²) in [6.07, 6.45) is 0. The third kappa shape index (κ3) is 2.90. The van der Waals surface area contributed by atoms with E-state index in [0.29, 0.717) is 0 Å². The Balaban J connectivity index is 2.06. The number of nitrogens with zero attached hydrogens (tertiary/aromatic N) is 1. The predicted molar refractivity (Wildman–Crippen MR) is 96.0 cm³/mol. The summed E-state index contributed by atoms with van der Waals surface area (Å²) >= 11 is 0. The molecule has 3 rings (SSSR count). The third-order valence-corrected chi connectivity index (χ3v) is 5.81. The van der Waals surface area contributed by atoms with Gasteiger partial charge in [-0.3, -0.25) is 0 Å². The van der Waals surface area contributed by atoms with Crippen molar-refractivity contribution in [2.24, 2.45) is 0 Å². The maximum absolute atomic E-state index is 6.25. The van der Waals surface area contributed by atoms with E-state index in [9.17, 15) is 0 Å². The van der Waals surface area contributed by atoms with Crippen LogP contribution >= 0.6 is 0 Å². The van der Waals surface area contributed by atoms with Gasteiger partial charge in [0.25, 0.3) is 0 Å². The highest BCUT2D eigenvalue weighted by Crippen LogP contribution is 2.27. The molecular formula is C19H21NOSi. The van der Waals surface area contributed by atoms with Crippen molar-refractivity contribution in [1.29, 1.82) is 0 Å². The fourth-order valence-corrected chi connectivity index (χ4v) is 4.06. The normalized spacial score (nSPS) is 11.6. The molecule has 112 valence electrons. The van der Waals surface area contributed by atoms with Gasteiger partial charge in [-0.25, -0.2) is 4.98 Å². The molecule has 0 fully saturated rings. The van der Waals surface area contributed by atoms with E-state index in [1.54, 1.807) is 0 Å². The van der Waals surface area contributed by atoms with Gasteiger partial charge in [-0.1, -0.05) is 56.0 Å². The summed E-state index contributed by atoms with van der Waals surface area (Å²) in [6.45, 7) is 9.00. The first-order chi connectivity index (χ1) is 10.4. The monoisotopic (exact) mass is 307 g/mol. The van der Waals surface area contributed by atoms with E-state index < -0.39 is 8.07 Å². The Morgan fingerprint density at radius 2 is 1.55 bits per heavy atom. The summed E-state index contributed by atoms with van der Waals surface area (Å²) in [6, 6.07) is 18.6. The number of aromatic nitrogens is 1. The van der Waals surface area contributed by atoms with Gasteiger partial charge in [0.15, 0.2) is 0 Å². The van der Waals surface area contributed by atoms with Crippen LogP contribution < -0.4 is 9.92 Å². The lowest BCUT2D eigenvalue weighted by atomic mass is 10.2. The van der Waals surface area contributed by atoms with Gasteiger partial charge >= 0.3 is 0 Å². The SMILES string of the molecule is Cc1nc2ccccc2cc1Oc1ccccc1[Si](C)(C)C. The van der Waals surface area contributed by atoms with E-state index in [0.717, 1.165) is 28.1 Å². The summed E-state index contributed by atoms with van der Waals surface area (Å²) < 4.78 is 6.25. The summed E-state index contributed by atoms with van der Waals surface area (Å²) in [5.74, 6) is 1.80. The topological polar surface area (TPSA) is 22.1 Å². The van der Waals surface area contributed by atoms with Crippen LogP contribution in [0.2, 0.25) is 19.6 Å². The van der Waals surface area contributed by atoms with Crippen LogP contribution in [-0.2, 0) is 0 Å². The van der Waals surface area contributed by atoms with E-state index >= 15 is 0 Å². The van der Waals surface area contributed by atoms with Gasteiger partial charge in [0.1, 0.15) is 11.5 Å². The Morgan fingerprint density at radius 3 is 2.32 bits per heavy atom. The predicted octanol–water partition coefficient (Wildman–Crippen LogP) is 4.88. The highest BCUT2D eigenvalue weighted by molar-refractivity contribution is 6.89. The van der Waals surface area contributed by atoms with Gasteiger partial charge in [0.2, 0.25) is 0 Å². The zero-order valence-corrected chi connectivity index (χ0v) is 14.6. The quantitative estimate of drug-likeness (QED) is 0.643. The third-order valence-electron chi connectivity index (χ3n) is 3.78. The Labute approximate surface area is 132 Å². The zero-order chi connectivity index (χ0) is 15.7. The van der Waals surface area contributed by atoms with Crippen LogP contribution in [0.3, 0.4) is 0 Å². The molecule has 0 radical (unpaired) electrons. The van der Waals surface area contributed by atoms with E-state index in [-0.39, 0.29) is 0 Å². The molecule has 2 nitrogen and oxygen atoms in total. The standard InChI is InChI=1S/C19H21NOSi/c1-14-18(13-15-9-5-6-10-16(15)20-14)21-17-11-7-8-12-19(17)22(2,3)4/h5-13H,1-4H3.